The van der Waals surface area contributed by atoms with Gasteiger partial charge in [0, 0.05) is 38.0 Å². The summed E-state index contributed by atoms with van der Waals surface area (Å²) in [5.41, 5.74) is 2.59. The first-order chi connectivity index (χ1) is 12.1. The Hall–Kier alpha value is -2.10. The highest BCUT2D eigenvalue weighted by Crippen LogP contribution is 2.26. The predicted octanol–water partition coefficient (Wildman–Crippen LogP) is 3.20. The van der Waals surface area contributed by atoms with Gasteiger partial charge in [-0.3, -0.25) is 9.59 Å². The molecule has 0 atom stereocenters. The van der Waals surface area contributed by atoms with Crippen molar-refractivity contribution in [1.82, 2.24) is 9.80 Å². The number of benzene rings is 1. The SMILES string of the molecule is CC(C)C(=O)N1CCC(C(=O)N2CC=C(c3ccccc3)CC2)CC1. The zero-order valence-electron chi connectivity index (χ0n) is 15.3. The lowest BCUT2D eigenvalue weighted by atomic mass is 9.93. The van der Waals surface area contributed by atoms with Gasteiger partial charge in [-0.25, -0.2) is 0 Å². The molecule has 0 radical (unpaired) electrons. The third-order valence-electron chi connectivity index (χ3n) is 5.32. The number of carbonyl (C=O) groups is 2. The Kier molecular flexibility index (Phi) is 5.57. The molecule has 2 aliphatic rings. The molecule has 1 aromatic rings. The van der Waals surface area contributed by atoms with E-state index < -0.39 is 0 Å². The number of rotatable bonds is 3. The van der Waals surface area contributed by atoms with Crippen molar-refractivity contribution in [2.45, 2.75) is 33.1 Å². The molecule has 25 heavy (non-hydrogen) atoms. The van der Waals surface area contributed by atoms with Crippen LogP contribution in [0.25, 0.3) is 5.57 Å². The summed E-state index contributed by atoms with van der Waals surface area (Å²) in [6.07, 6.45) is 4.70. The van der Waals surface area contributed by atoms with Crippen LogP contribution in [0.5, 0.6) is 0 Å². The van der Waals surface area contributed by atoms with Gasteiger partial charge in [-0.2, -0.15) is 0 Å². The maximum atomic E-state index is 12.8. The predicted molar refractivity (Wildman–Crippen MR) is 99.8 cm³/mol. The quantitative estimate of drug-likeness (QED) is 0.848. The van der Waals surface area contributed by atoms with Gasteiger partial charge in [0.1, 0.15) is 0 Å². The molecule has 4 heteroatoms. The molecule has 0 spiro atoms. The molecule has 0 aromatic heterocycles. The van der Waals surface area contributed by atoms with E-state index in [1.807, 2.05) is 29.7 Å². The Morgan fingerprint density at radius 1 is 1.00 bits per heavy atom. The first kappa shape index (κ1) is 17.7. The minimum Gasteiger partial charge on any atom is -0.342 e. The standard InChI is InChI=1S/C21H28N2O2/c1-16(2)20(24)22-14-10-19(11-15-22)21(25)23-12-8-18(9-13-23)17-6-4-3-5-7-17/h3-8,16,19H,9-15H2,1-2H3. The summed E-state index contributed by atoms with van der Waals surface area (Å²) in [7, 11) is 0. The van der Waals surface area contributed by atoms with Crippen molar-refractivity contribution in [1.29, 1.82) is 0 Å². The zero-order chi connectivity index (χ0) is 17.8. The summed E-state index contributed by atoms with van der Waals surface area (Å²) in [6, 6.07) is 10.4. The molecule has 1 aromatic carbocycles. The number of nitrogens with zero attached hydrogens (tertiary/aromatic N) is 2. The molecular weight excluding hydrogens is 312 g/mol. The van der Waals surface area contributed by atoms with Crippen molar-refractivity contribution < 1.29 is 9.59 Å². The van der Waals surface area contributed by atoms with Crippen LogP contribution in [-0.4, -0.2) is 47.8 Å². The number of carbonyl (C=O) groups excluding carboxylic acids is 2. The Morgan fingerprint density at radius 3 is 2.24 bits per heavy atom. The van der Waals surface area contributed by atoms with Crippen molar-refractivity contribution in [2.75, 3.05) is 26.2 Å². The first-order valence-electron chi connectivity index (χ1n) is 9.38. The Balaban J connectivity index is 1.53. The monoisotopic (exact) mass is 340 g/mol. The highest BCUT2D eigenvalue weighted by atomic mass is 16.2. The molecule has 0 unspecified atom stereocenters. The van der Waals surface area contributed by atoms with E-state index in [0.717, 1.165) is 25.8 Å². The Morgan fingerprint density at radius 2 is 1.68 bits per heavy atom. The normalized spacial score (nSPS) is 19.1. The minimum atomic E-state index is 0.0379. The van der Waals surface area contributed by atoms with Crippen molar-refractivity contribution in [3.63, 3.8) is 0 Å². The average Bonchev–Trinajstić information content (AvgIpc) is 2.67. The molecule has 3 rings (SSSR count). The van der Waals surface area contributed by atoms with E-state index in [4.69, 9.17) is 0 Å². The molecule has 0 aliphatic carbocycles. The fraction of sp³-hybridized carbons (Fsp3) is 0.524. The summed E-state index contributed by atoms with van der Waals surface area (Å²) in [6.45, 7) is 6.80. The number of amides is 2. The van der Waals surface area contributed by atoms with Gasteiger partial charge in [0.15, 0.2) is 0 Å². The smallest absolute Gasteiger partial charge is 0.226 e. The van der Waals surface area contributed by atoms with Crippen LogP contribution in [0.3, 0.4) is 0 Å². The van der Waals surface area contributed by atoms with E-state index in [9.17, 15) is 9.59 Å². The van der Waals surface area contributed by atoms with Gasteiger partial charge in [-0.1, -0.05) is 50.3 Å². The molecule has 4 nitrogen and oxygen atoms in total. The zero-order valence-corrected chi connectivity index (χ0v) is 15.3. The van der Waals surface area contributed by atoms with Crippen molar-refractivity contribution >= 4 is 17.4 Å². The molecule has 0 saturated carbocycles. The van der Waals surface area contributed by atoms with Gasteiger partial charge in [0.25, 0.3) is 0 Å². The van der Waals surface area contributed by atoms with E-state index in [-0.39, 0.29) is 23.7 Å². The van der Waals surface area contributed by atoms with E-state index in [1.54, 1.807) is 0 Å². The van der Waals surface area contributed by atoms with Crippen molar-refractivity contribution in [3.8, 4) is 0 Å². The lowest BCUT2D eigenvalue weighted by molar-refractivity contribution is -0.141. The first-order valence-corrected chi connectivity index (χ1v) is 9.38. The van der Waals surface area contributed by atoms with Crippen LogP contribution in [-0.2, 0) is 9.59 Å². The molecule has 1 fully saturated rings. The van der Waals surface area contributed by atoms with E-state index >= 15 is 0 Å². The van der Waals surface area contributed by atoms with Crippen molar-refractivity contribution in [2.24, 2.45) is 11.8 Å². The molecule has 2 aliphatic heterocycles. The maximum absolute atomic E-state index is 12.8. The fourth-order valence-electron chi connectivity index (χ4n) is 3.75. The van der Waals surface area contributed by atoms with Crippen LogP contribution in [0.1, 0.15) is 38.7 Å². The minimum absolute atomic E-state index is 0.0379. The summed E-state index contributed by atoms with van der Waals surface area (Å²) in [5.74, 6) is 0.582. The third-order valence-corrected chi connectivity index (χ3v) is 5.32. The lowest BCUT2D eigenvalue weighted by Crippen LogP contribution is -2.46. The molecule has 0 N–H and O–H groups in total. The highest BCUT2D eigenvalue weighted by molar-refractivity contribution is 5.82. The van der Waals surface area contributed by atoms with E-state index in [0.29, 0.717) is 19.6 Å². The lowest BCUT2D eigenvalue weighted by Gasteiger charge is -2.36. The van der Waals surface area contributed by atoms with E-state index in [1.165, 1.54) is 11.1 Å². The van der Waals surface area contributed by atoms with Crippen LogP contribution in [0, 0.1) is 11.8 Å². The van der Waals surface area contributed by atoms with Gasteiger partial charge < -0.3 is 9.80 Å². The third kappa shape index (κ3) is 4.12. The molecule has 1 saturated heterocycles. The summed E-state index contributed by atoms with van der Waals surface area (Å²) >= 11 is 0. The van der Waals surface area contributed by atoms with Crippen LogP contribution >= 0.6 is 0 Å². The van der Waals surface area contributed by atoms with Gasteiger partial charge in [-0.05, 0) is 30.4 Å². The molecular formula is C21H28N2O2. The number of hydrogen-bond donors (Lipinski definition) is 0. The van der Waals surface area contributed by atoms with Crippen LogP contribution in [0.15, 0.2) is 36.4 Å². The topological polar surface area (TPSA) is 40.6 Å². The van der Waals surface area contributed by atoms with Gasteiger partial charge in [0.05, 0.1) is 0 Å². The number of hydrogen-bond acceptors (Lipinski definition) is 2. The van der Waals surface area contributed by atoms with Crippen LogP contribution in [0.2, 0.25) is 0 Å². The largest absolute Gasteiger partial charge is 0.342 e. The van der Waals surface area contributed by atoms with Crippen molar-refractivity contribution in [3.05, 3.63) is 42.0 Å². The average molecular weight is 340 g/mol. The van der Waals surface area contributed by atoms with Gasteiger partial charge in [0.2, 0.25) is 11.8 Å². The summed E-state index contributed by atoms with van der Waals surface area (Å²) < 4.78 is 0. The molecule has 0 bridgehead atoms. The van der Waals surface area contributed by atoms with Gasteiger partial charge >= 0.3 is 0 Å². The highest BCUT2D eigenvalue weighted by Gasteiger charge is 2.31. The molecule has 2 heterocycles. The Bertz CT molecular complexity index is 643. The van der Waals surface area contributed by atoms with Crippen LogP contribution in [0.4, 0.5) is 0 Å². The molecule has 134 valence electrons. The van der Waals surface area contributed by atoms with Crippen LogP contribution < -0.4 is 0 Å². The summed E-state index contributed by atoms with van der Waals surface area (Å²) in [4.78, 5) is 28.8. The summed E-state index contributed by atoms with van der Waals surface area (Å²) in [5, 5.41) is 0. The second kappa shape index (κ2) is 7.85. The second-order valence-corrected chi connectivity index (χ2v) is 7.38. The number of likely N-dealkylation sites (tertiary alicyclic amines) is 1. The van der Waals surface area contributed by atoms with Gasteiger partial charge in [-0.15, -0.1) is 0 Å². The number of piperidine rings is 1. The fourth-order valence-corrected chi connectivity index (χ4v) is 3.75. The van der Waals surface area contributed by atoms with E-state index in [2.05, 4.69) is 30.3 Å². The maximum Gasteiger partial charge on any atom is 0.226 e. The second-order valence-electron chi connectivity index (χ2n) is 7.38. The Labute approximate surface area is 150 Å². The molecule has 2 amide bonds.